The van der Waals surface area contributed by atoms with Gasteiger partial charge in [0.1, 0.15) is 12.4 Å². The lowest BCUT2D eigenvalue weighted by atomic mass is 9.91. The lowest BCUT2D eigenvalue weighted by Gasteiger charge is -2.42. The number of carbonyl (C=O) groups excluding carboxylic acids is 2. The van der Waals surface area contributed by atoms with Crippen LogP contribution in [-0.2, 0) is 40.9 Å². The molecule has 0 aliphatic heterocycles. The van der Waals surface area contributed by atoms with Crippen molar-refractivity contribution in [2.45, 2.75) is 204 Å². The Morgan fingerprint density at radius 1 is 0.633 bits per heavy atom. The van der Waals surface area contributed by atoms with E-state index in [1.807, 2.05) is 46.8 Å². The van der Waals surface area contributed by atoms with Gasteiger partial charge < -0.3 is 36.4 Å². The summed E-state index contributed by atoms with van der Waals surface area (Å²) in [6.45, 7) is 35.8. The van der Waals surface area contributed by atoms with Crippen LogP contribution >= 0.6 is 0 Å². The highest BCUT2D eigenvalue weighted by molar-refractivity contribution is 6.90. The standard InChI is InChI=1S/C17H42O5Si4.C11H22O4.C10H14O.8CH4/c1-12-16(2)17(18)19-14-13-15-26(20-23(3,4)5,21-24(6,7)8)22-25(9,10)11;1-5-11(2,3)10(12)15-9-8-14-7-6-13-4;1-3-8(2)9-4-6-10(11)7-5-9;;;;;;;;/h16H,12-15H2,1-11H3;5-9H2,1-4H3;4-8,11H,3H2,1-2H3;8*1H4. The molecule has 2 atom stereocenters. The minimum Gasteiger partial charge on any atom is -0.508 e. The third-order valence-electron chi connectivity index (χ3n) is 7.68. The molecule has 0 spiro atoms. The van der Waals surface area contributed by atoms with E-state index in [0.29, 0.717) is 57.2 Å². The molecule has 1 aromatic carbocycles. The number of carbonyl (C=O) groups is 2. The van der Waals surface area contributed by atoms with Gasteiger partial charge in [-0.25, -0.2) is 0 Å². The van der Waals surface area contributed by atoms with Crippen molar-refractivity contribution in [2.24, 2.45) is 11.3 Å². The predicted octanol–water partition coefficient (Wildman–Crippen LogP) is 15.1. The van der Waals surface area contributed by atoms with Crippen molar-refractivity contribution in [2.75, 3.05) is 40.1 Å². The lowest BCUT2D eigenvalue weighted by Crippen LogP contribution is -2.60. The molecule has 0 aliphatic carbocycles. The lowest BCUT2D eigenvalue weighted by molar-refractivity contribution is -0.155. The van der Waals surface area contributed by atoms with Gasteiger partial charge >= 0.3 is 20.7 Å². The Hall–Kier alpha value is -1.37. The topological polar surface area (TPSA) is 119 Å². The molecule has 2 unspecified atom stereocenters. The van der Waals surface area contributed by atoms with Crippen LogP contribution in [0.25, 0.3) is 0 Å². The molecular weight excluding hydrogens is 825 g/mol. The number of phenols is 1. The van der Waals surface area contributed by atoms with Gasteiger partial charge in [0.2, 0.25) is 0 Å². The Balaban J connectivity index is -0.0000000794. The van der Waals surface area contributed by atoms with Crippen molar-refractivity contribution in [1.29, 1.82) is 0 Å². The Morgan fingerprint density at radius 2 is 1.05 bits per heavy atom. The first-order valence-corrected chi connectivity index (χ1v) is 31.2. The maximum Gasteiger partial charge on any atom is 0.469 e. The van der Waals surface area contributed by atoms with Gasteiger partial charge in [-0.05, 0) is 122 Å². The van der Waals surface area contributed by atoms with Crippen LogP contribution in [-0.4, -0.2) is 90.9 Å². The fraction of sp³-hybridized carbons (Fsp3) is 0.826. The van der Waals surface area contributed by atoms with Crippen molar-refractivity contribution < 1.29 is 46.0 Å². The van der Waals surface area contributed by atoms with Gasteiger partial charge in [-0.15, -0.1) is 0 Å². The van der Waals surface area contributed by atoms with Gasteiger partial charge in [0.05, 0.1) is 37.8 Å². The second kappa shape index (κ2) is 40.4. The van der Waals surface area contributed by atoms with E-state index in [2.05, 4.69) is 72.8 Å². The number of methoxy groups -OCH3 is 1. The van der Waals surface area contributed by atoms with Crippen LogP contribution in [0.1, 0.15) is 145 Å². The van der Waals surface area contributed by atoms with E-state index in [1.54, 1.807) is 19.2 Å². The molecule has 0 radical (unpaired) electrons. The molecule has 0 aliphatic rings. The molecule has 370 valence electrons. The van der Waals surface area contributed by atoms with Crippen molar-refractivity contribution in [3.8, 4) is 5.75 Å². The largest absolute Gasteiger partial charge is 0.508 e. The van der Waals surface area contributed by atoms with E-state index in [1.165, 1.54) is 5.56 Å². The molecule has 1 N–H and O–H groups in total. The molecule has 1 rings (SSSR count). The SMILES string of the molecule is C.C.C.C.C.C.C.C.CCC(C)(C)C(=O)OCCOCCOC.CCC(C)C(=O)OCCC[Si](O[Si](C)(C)C)(O[Si](C)(C)C)O[Si](C)(C)C.CCC(C)c1ccc(O)cc1. The third kappa shape index (κ3) is 43.3. The number of aromatic hydroxyl groups is 1. The number of phenolic OH excluding ortho intramolecular Hbond substituents is 1. The first kappa shape index (κ1) is 82.3. The molecule has 0 aromatic heterocycles. The normalized spacial score (nSPS) is 11.8. The van der Waals surface area contributed by atoms with Crippen LogP contribution in [0, 0.1) is 11.3 Å². The summed E-state index contributed by atoms with van der Waals surface area (Å²) in [6.07, 6.45) is 3.43. The minimum atomic E-state index is -2.82. The van der Waals surface area contributed by atoms with E-state index in [9.17, 15) is 9.59 Å². The Morgan fingerprint density at radius 3 is 1.40 bits per heavy atom. The van der Waals surface area contributed by atoms with E-state index in [0.717, 1.165) is 19.3 Å². The van der Waals surface area contributed by atoms with Gasteiger partial charge in [-0.2, -0.15) is 0 Å². The number of rotatable bonds is 22. The number of hydrogen-bond donors (Lipinski definition) is 1. The summed E-state index contributed by atoms with van der Waals surface area (Å²) in [5, 5.41) is 9.01. The molecule has 0 saturated heterocycles. The number of esters is 2. The van der Waals surface area contributed by atoms with Gasteiger partial charge in [-0.3, -0.25) is 9.59 Å². The molecule has 60 heavy (non-hydrogen) atoms. The van der Waals surface area contributed by atoms with Crippen LogP contribution in [0.2, 0.25) is 65.0 Å². The van der Waals surface area contributed by atoms with Crippen molar-refractivity contribution in [3.05, 3.63) is 29.8 Å². The van der Waals surface area contributed by atoms with Gasteiger partial charge in [0.25, 0.3) is 0 Å². The molecule has 0 saturated carbocycles. The summed E-state index contributed by atoms with van der Waals surface area (Å²) >= 11 is 0. The first-order valence-electron chi connectivity index (χ1n) is 19.1. The summed E-state index contributed by atoms with van der Waals surface area (Å²) in [4.78, 5) is 23.4. The zero-order chi connectivity index (χ0) is 40.8. The first-order chi connectivity index (χ1) is 23.8. The molecule has 0 heterocycles. The predicted molar refractivity (Wildman–Crippen MR) is 277 cm³/mol. The van der Waals surface area contributed by atoms with E-state index >= 15 is 0 Å². The van der Waals surface area contributed by atoms with Crippen molar-refractivity contribution in [3.63, 3.8) is 0 Å². The fourth-order valence-electron chi connectivity index (χ4n) is 4.20. The van der Waals surface area contributed by atoms with Gasteiger partial charge in [0.15, 0.2) is 25.0 Å². The number of ether oxygens (including phenoxy) is 4. The maximum absolute atomic E-state index is 11.9. The summed E-state index contributed by atoms with van der Waals surface area (Å²) < 4.78 is 40.3. The Bertz CT molecular complexity index is 1060. The van der Waals surface area contributed by atoms with Crippen molar-refractivity contribution >= 4 is 45.7 Å². The quantitative estimate of drug-likeness (QED) is 0.0684. The van der Waals surface area contributed by atoms with Gasteiger partial charge in [-0.1, -0.05) is 106 Å². The molecule has 0 fully saturated rings. The van der Waals surface area contributed by atoms with Gasteiger partial charge in [0, 0.05) is 13.2 Å². The fourth-order valence-corrected chi connectivity index (χ4v) is 18.8. The highest BCUT2D eigenvalue weighted by Gasteiger charge is 2.49. The zero-order valence-corrected chi connectivity index (χ0v) is 40.2. The van der Waals surface area contributed by atoms with E-state index in [-0.39, 0.29) is 77.3 Å². The van der Waals surface area contributed by atoms with Crippen LogP contribution in [0.15, 0.2) is 24.3 Å². The molecule has 14 heteroatoms. The summed E-state index contributed by atoms with van der Waals surface area (Å²) in [7, 11) is -6.75. The van der Waals surface area contributed by atoms with E-state index < -0.39 is 39.2 Å². The summed E-state index contributed by atoms with van der Waals surface area (Å²) in [6, 6.07) is 8.13. The Labute approximate surface area is 381 Å². The van der Waals surface area contributed by atoms with E-state index in [4.69, 9.17) is 36.4 Å². The average molecular weight is 936 g/mol. The Kier molecular flexibility index (Phi) is 55.4. The highest BCUT2D eigenvalue weighted by atomic mass is 28.5. The molecule has 0 bridgehead atoms. The summed E-state index contributed by atoms with van der Waals surface area (Å²) in [5.41, 5.74) is 0.900. The number of benzene rings is 1. The molecule has 1 aromatic rings. The summed E-state index contributed by atoms with van der Waals surface area (Å²) in [5.74, 6) is 0.600. The van der Waals surface area contributed by atoms with Crippen LogP contribution < -0.4 is 0 Å². The number of hydrogen-bond acceptors (Lipinski definition) is 10. The minimum absolute atomic E-state index is 0. The third-order valence-corrected chi connectivity index (χ3v) is 19.7. The smallest absolute Gasteiger partial charge is 0.469 e. The second-order valence-corrected chi connectivity index (χ2v) is 33.8. The highest BCUT2D eigenvalue weighted by Crippen LogP contribution is 2.30. The zero-order valence-electron chi connectivity index (χ0n) is 36.2. The van der Waals surface area contributed by atoms with Crippen molar-refractivity contribution in [1.82, 2.24) is 0 Å². The van der Waals surface area contributed by atoms with Crippen LogP contribution in [0.5, 0.6) is 5.75 Å². The molecular formula is C46H110O10Si4. The second-order valence-electron chi connectivity index (χ2n) is 16.8. The average Bonchev–Trinajstić information content (AvgIpc) is 3.02. The molecule has 0 amide bonds. The van der Waals surface area contributed by atoms with Crippen LogP contribution in [0.3, 0.4) is 0 Å². The molecule has 10 nitrogen and oxygen atoms in total. The van der Waals surface area contributed by atoms with Crippen LogP contribution in [0.4, 0.5) is 0 Å². The maximum atomic E-state index is 11.9. The monoisotopic (exact) mass is 935 g/mol.